The fraction of sp³-hybridized carbons (Fsp3) is 0.700. The van der Waals surface area contributed by atoms with Gasteiger partial charge in [-0.05, 0) is 20.8 Å². The molecule has 1 aromatic rings. The molecule has 6 nitrogen and oxygen atoms in total. The maximum atomic E-state index is 11.7. The van der Waals surface area contributed by atoms with Crippen LogP contribution in [0.1, 0.15) is 32.7 Å². The molecule has 1 aromatic heterocycles. The van der Waals surface area contributed by atoms with E-state index in [1.807, 2.05) is 20.8 Å². The SMILES string of the molecule is CC(C)N1C(=O)O[C@@H](c2ncnn2C)[C@H]1C. The zero-order chi connectivity index (χ0) is 11.9. The first-order valence-corrected chi connectivity index (χ1v) is 5.35. The smallest absolute Gasteiger partial charge is 0.411 e. The van der Waals surface area contributed by atoms with Gasteiger partial charge in [-0.2, -0.15) is 5.10 Å². The molecule has 1 aliphatic rings. The Morgan fingerprint density at radius 3 is 2.62 bits per heavy atom. The van der Waals surface area contributed by atoms with Gasteiger partial charge in [-0.3, -0.25) is 4.90 Å². The summed E-state index contributed by atoms with van der Waals surface area (Å²) in [5.41, 5.74) is 0. The van der Waals surface area contributed by atoms with Crippen LogP contribution in [-0.4, -0.2) is 37.8 Å². The van der Waals surface area contributed by atoms with Gasteiger partial charge in [0.1, 0.15) is 6.33 Å². The standard InChI is InChI=1S/C10H16N4O2/c1-6(2)14-7(3)8(16-10(14)15)9-11-5-12-13(9)4/h5-8H,1-4H3/t7-,8-/m1/s1. The summed E-state index contributed by atoms with van der Waals surface area (Å²) in [5, 5.41) is 3.99. The topological polar surface area (TPSA) is 60.3 Å². The molecule has 0 aliphatic carbocycles. The molecule has 1 amide bonds. The fourth-order valence-corrected chi connectivity index (χ4v) is 2.09. The third kappa shape index (κ3) is 1.54. The number of carbonyl (C=O) groups excluding carboxylic acids is 1. The van der Waals surface area contributed by atoms with Crippen molar-refractivity contribution in [3.05, 3.63) is 12.2 Å². The van der Waals surface area contributed by atoms with Crippen LogP contribution in [0.5, 0.6) is 0 Å². The summed E-state index contributed by atoms with van der Waals surface area (Å²) in [5.74, 6) is 0.684. The molecule has 0 saturated carbocycles. The normalized spacial score (nSPS) is 25.3. The van der Waals surface area contributed by atoms with Gasteiger partial charge >= 0.3 is 6.09 Å². The minimum absolute atomic E-state index is 0.0181. The molecule has 0 N–H and O–H groups in total. The second kappa shape index (κ2) is 3.77. The average molecular weight is 224 g/mol. The summed E-state index contributed by atoms with van der Waals surface area (Å²) in [7, 11) is 1.79. The Balaban J connectivity index is 2.27. The Labute approximate surface area is 94.2 Å². The van der Waals surface area contributed by atoms with Crippen LogP contribution in [0, 0.1) is 0 Å². The van der Waals surface area contributed by atoms with Gasteiger partial charge in [0.25, 0.3) is 0 Å². The van der Waals surface area contributed by atoms with Crippen molar-refractivity contribution in [2.75, 3.05) is 0 Å². The number of rotatable bonds is 2. The molecule has 0 spiro atoms. The van der Waals surface area contributed by atoms with Crippen LogP contribution >= 0.6 is 0 Å². The predicted octanol–water partition coefficient (Wildman–Crippen LogP) is 1.11. The van der Waals surface area contributed by atoms with Gasteiger partial charge < -0.3 is 4.74 Å². The van der Waals surface area contributed by atoms with Crippen molar-refractivity contribution in [2.45, 2.75) is 39.0 Å². The minimum atomic E-state index is -0.331. The van der Waals surface area contributed by atoms with E-state index in [1.165, 1.54) is 6.33 Å². The minimum Gasteiger partial charge on any atom is -0.436 e. The first-order chi connectivity index (χ1) is 7.52. The van der Waals surface area contributed by atoms with Crippen molar-refractivity contribution in [1.29, 1.82) is 0 Å². The Hall–Kier alpha value is -1.59. The summed E-state index contributed by atoms with van der Waals surface area (Å²) in [6, 6.07) is 0.108. The van der Waals surface area contributed by atoms with E-state index in [4.69, 9.17) is 4.74 Å². The van der Waals surface area contributed by atoms with Gasteiger partial charge in [0, 0.05) is 13.1 Å². The largest absolute Gasteiger partial charge is 0.436 e. The Morgan fingerprint density at radius 2 is 2.19 bits per heavy atom. The lowest BCUT2D eigenvalue weighted by atomic mass is 10.1. The summed E-state index contributed by atoms with van der Waals surface area (Å²) < 4.78 is 6.97. The number of carbonyl (C=O) groups is 1. The highest BCUT2D eigenvalue weighted by Crippen LogP contribution is 2.31. The summed E-state index contributed by atoms with van der Waals surface area (Å²) in [6.07, 6.45) is 0.853. The van der Waals surface area contributed by atoms with E-state index < -0.39 is 0 Å². The van der Waals surface area contributed by atoms with Gasteiger partial charge in [-0.1, -0.05) is 0 Å². The van der Waals surface area contributed by atoms with E-state index in [0.717, 1.165) is 0 Å². The van der Waals surface area contributed by atoms with Crippen LogP contribution in [0.15, 0.2) is 6.33 Å². The van der Waals surface area contributed by atoms with Crippen LogP contribution in [0.3, 0.4) is 0 Å². The first-order valence-electron chi connectivity index (χ1n) is 5.35. The highest BCUT2D eigenvalue weighted by molar-refractivity contribution is 5.71. The van der Waals surface area contributed by atoms with Crippen molar-refractivity contribution in [2.24, 2.45) is 7.05 Å². The predicted molar refractivity (Wildman–Crippen MR) is 56.7 cm³/mol. The monoisotopic (exact) mass is 224 g/mol. The van der Waals surface area contributed by atoms with E-state index in [0.29, 0.717) is 5.82 Å². The molecular formula is C10H16N4O2. The van der Waals surface area contributed by atoms with E-state index in [-0.39, 0.29) is 24.3 Å². The molecule has 16 heavy (non-hydrogen) atoms. The lowest BCUT2D eigenvalue weighted by Gasteiger charge is -2.23. The lowest BCUT2D eigenvalue weighted by Crippen LogP contribution is -2.37. The number of hydrogen-bond donors (Lipinski definition) is 0. The highest BCUT2D eigenvalue weighted by atomic mass is 16.6. The fourth-order valence-electron chi connectivity index (χ4n) is 2.09. The lowest BCUT2D eigenvalue weighted by molar-refractivity contribution is 0.123. The number of amides is 1. The Bertz CT molecular complexity index is 401. The number of cyclic esters (lactones) is 1. The summed E-state index contributed by atoms with van der Waals surface area (Å²) >= 11 is 0. The van der Waals surface area contributed by atoms with Gasteiger partial charge in [-0.15, -0.1) is 0 Å². The molecule has 88 valence electrons. The maximum absolute atomic E-state index is 11.7. The first kappa shape index (κ1) is 10.9. The maximum Gasteiger partial charge on any atom is 0.411 e. The Kier molecular flexibility index (Phi) is 2.57. The molecule has 2 atom stereocenters. The van der Waals surface area contributed by atoms with Gasteiger partial charge in [0.15, 0.2) is 11.9 Å². The second-order valence-electron chi connectivity index (χ2n) is 4.29. The third-order valence-corrected chi connectivity index (χ3v) is 2.87. The van der Waals surface area contributed by atoms with Crippen molar-refractivity contribution in [1.82, 2.24) is 19.7 Å². The molecule has 0 bridgehead atoms. The van der Waals surface area contributed by atoms with Crippen LogP contribution in [0.25, 0.3) is 0 Å². The van der Waals surface area contributed by atoms with Crippen LogP contribution in [0.4, 0.5) is 4.79 Å². The van der Waals surface area contributed by atoms with Crippen molar-refractivity contribution in [3.63, 3.8) is 0 Å². The van der Waals surface area contributed by atoms with Gasteiger partial charge in [0.2, 0.25) is 0 Å². The Morgan fingerprint density at radius 1 is 1.50 bits per heavy atom. The van der Waals surface area contributed by atoms with E-state index in [1.54, 1.807) is 16.6 Å². The zero-order valence-corrected chi connectivity index (χ0v) is 9.91. The highest BCUT2D eigenvalue weighted by Gasteiger charge is 2.42. The van der Waals surface area contributed by atoms with Crippen molar-refractivity contribution >= 4 is 6.09 Å². The number of ether oxygens (including phenoxy) is 1. The van der Waals surface area contributed by atoms with E-state index >= 15 is 0 Å². The quantitative estimate of drug-likeness (QED) is 0.755. The van der Waals surface area contributed by atoms with Crippen molar-refractivity contribution < 1.29 is 9.53 Å². The van der Waals surface area contributed by atoms with Gasteiger partial charge in [-0.25, -0.2) is 14.5 Å². The molecule has 1 fully saturated rings. The van der Waals surface area contributed by atoms with Crippen LogP contribution in [0.2, 0.25) is 0 Å². The number of nitrogens with zero attached hydrogens (tertiary/aromatic N) is 4. The van der Waals surface area contributed by atoms with Crippen LogP contribution in [-0.2, 0) is 11.8 Å². The number of aromatic nitrogens is 3. The second-order valence-corrected chi connectivity index (χ2v) is 4.29. The molecule has 2 rings (SSSR count). The molecule has 0 unspecified atom stereocenters. The average Bonchev–Trinajstić information content (AvgIpc) is 2.70. The number of hydrogen-bond acceptors (Lipinski definition) is 4. The molecule has 0 aromatic carbocycles. The zero-order valence-electron chi connectivity index (χ0n) is 9.91. The van der Waals surface area contributed by atoms with Gasteiger partial charge in [0.05, 0.1) is 6.04 Å². The van der Waals surface area contributed by atoms with E-state index in [2.05, 4.69) is 10.1 Å². The molecule has 6 heteroatoms. The third-order valence-electron chi connectivity index (χ3n) is 2.87. The summed E-state index contributed by atoms with van der Waals surface area (Å²) in [4.78, 5) is 17.5. The molecule has 2 heterocycles. The van der Waals surface area contributed by atoms with Crippen LogP contribution < -0.4 is 0 Å². The molecule has 1 aliphatic heterocycles. The molecule has 1 saturated heterocycles. The van der Waals surface area contributed by atoms with Crippen molar-refractivity contribution in [3.8, 4) is 0 Å². The molecule has 0 radical (unpaired) electrons. The van der Waals surface area contributed by atoms with E-state index in [9.17, 15) is 4.79 Å². The summed E-state index contributed by atoms with van der Waals surface area (Å²) in [6.45, 7) is 5.90. The molecular weight excluding hydrogens is 208 g/mol. The number of aryl methyl sites for hydroxylation is 1.